The highest BCUT2D eigenvalue weighted by atomic mass is 16.5. The normalized spacial score (nSPS) is 10.5. The van der Waals surface area contributed by atoms with E-state index in [1.54, 1.807) is 30.3 Å². The standard InChI is InChI=1S/C16H17N3O4/c1-3-22-15-9-12(18-11(2)20)6-7-14(15)16(21)19-17-10-13-5-4-8-23-13/h4-10H,3H2,1-2H3,(H,18,20)(H,19,21). The van der Waals surface area contributed by atoms with Crippen molar-refractivity contribution in [1.82, 2.24) is 5.43 Å². The van der Waals surface area contributed by atoms with Crippen molar-refractivity contribution in [3.8, 4) is 5.75 Å². The van der Waals surface area contributed by atoms with Crippen LogP contribution in [-0.2, 0) is 4.79 Å². The lowest BCUT2D eigenvalue weighted by Gasteiger charge is -2.11. The summed E-state index contributed by atoms with van der Waals surface area (Å²) in [5.74, 6) is 0.263. The second-order valence-electron chi connectivity index (χ2n) is 4.54. The molecule has 2 aromatic rings. The molecule has 0 radical (unpaired) electrons. The number of nitrogens with zero attached hydrogens (tertiary/aromatic N) is 1. The average Bonchev–Trinajstić information content (AvgIpc) is 3.00. The van der Waals surface area contributed by atoms with Crippen LogP contribution in [0.5, 0.6) is 5.75 Å². The summed E-state index contributed by atoms with van der Waals surface area (Å²) in [6.07, 6.45) is 2.90. The van der Waals surface area contributed by atoms with Crippen molar-refractivity contribution in [1.29, 1.82) is 0 Å². The van der Waals surface area contributed by atoms with Gasteiger partial charge in [0.2, 0.25) is 5.91 Å². The zero-order valence-electron chi connectivity index (χ0n) is 12.8. The van der Waals surface area contributed by atoms with E-state index < -0.39 is 5.91 Å². The average molecular weight is 315 g/mol. The van der Waals surface area contributed by atoms with Gasteiger partial charge >= 0.3 is 0 Å². The third kappa shape index (κ3) is 4.70. The highest BCUT2D eigenvalue weighted by Gasteiger charge is 2.13. The Kier molecular flexibility index (Phi) is 5.51. The molecule has 1 aromatic carbocycles. The molecule has 2 rings (SSSR count). The third-order valence-corrected chi connectivity index (χ3v) is 2.75. The van der Waals surface area contributed by atoms with Crippen molar-refractivity contribution in [2.75, 3.05) is 11.9 Å². The minimum absolute atomic E-state index is 0.201. The Bertz CT molecular complexity index is 708. The van der Waals surface area contributed by atoms with Crippen LogP contribution in [0.25, 0.3) is 0 Å². The van der Waals surface area contributed by atoms with E-state index in [2.05, 4.69) is 15.8 Å². The summed E-state index contributed by atoms with van der Waals surface area (Å²) in [6.45, 7) is 3.60. The molecule has 120 valence electrons. The number of amides is 2. The Balaban J connectivity index is 2.12. The van der Waals surface area contributed by atoms with Gasteiger partial charge in [-0.1, -0.05) is 0 Å². The highest BCUT2D eigenvalue weighted by molar-refractivity contribution is 5.98. The predicted octanol–water partition coefficient (Wildman–Crippen LogP) is 2.40. The Morgan fingerprint density at radius 2 is 2.17 bits per heavy atom. The van der Waals surface area contributed by atoms with Gasteiger partial charge in [-0.25, -0.2) is 5.43 Å². The topological polar surface area (TPSA) is 92.9 Å². The molecule has 7 nitrogen and oxygen atoms in total. The van der Waals surface area contributed by atoms with Crippen molar-refractivity contribution < 1.29 is 18.7 Å². The van der Waals surface area contributed by atoms with Gasteiger partial charge in [0, 0.05) is 18.7 Å². The number of carbonyl (C=O) groups excluding carboxylic acids is 2. The molecule has 2 N–H and O–H groups in total. The molecule has 0 spiro atoms. The molecule has 0 aliphatic rings. The first kappa shape index (κ1) is 16.3. The minimum atomic E-state index is -0.425. The number of hydrazone groups is 1. The minimum Gasteiger partial charge on any atom is -0.493 e. The summed E-state index contributed by atoms with van der Waals surface area (Å²) in [5.41, 5.74) is 3.27. The third-order valence-electron chi connectivity index (χ3n) is 2.75. The number of hydrogen-bond acceptors (Lipinski definition) is 5. The quantitative estimate of drug-likeness (QED) is 0.632. The van der Waals surface area contributed by atoms with Gasteiger partial charge < -0.3 is 14.5 Å². The molecule has 0 bridgehead atoms. The highest BCUT2D eigenvalue weighted by Crippen LogP contribution is 2.23. The summed E-state index contributed by atoms with van der Waals surface area (Å²) in [6, 6.07) is 8.21. The number of anilines is 1. The maximum absolute atomic E-state index is 12.2. The number of hydrogen-bond donors (Lipinski definition) is 2. The molecule has 2 amide bonds. The van der Waals surface area contributed by atoms with Crippen LogP contribution in [-0.4, -0.2) is 24.6 Å². The molecule has 0 atom stereocenters. The molecular formula is C16H17N3O4. The molecule has 0 aliphatic heterocycles. The fourth-order valence-electron chi connectivity index (χ4n) is 1.85. The van der Waals surface area contributed by atoms with E-state index >= 15 is 0 Å². The van der Waals surface area contributed by atoms with Crippen LogP contribution in [0, 0.1) is 0 Å². The lowest BCUT2D eigenvalue weighted by molar-refractivity contribution is -0.114. The van der Waals surface area contributed by atoms with Crippen molar-refractivity contribution in [3.63, 3.8) is 0 Å². The van der Waals surface area contributed by atoms with Gasteiger partial charge in [0.15, 0.2) is 0 Å². The van der Waals surface area contributed by atoms with E-state index in [9.17, 15) is 9.59 Å². The molecule has 0 unspecified atom stereocenters. The van der Waals surface area contributed by atoms with E-state index in [4.69, 9.17) is 9.15 Å². The zero-order chi connectivity index (χ0) is 16.7. The van der Waals surface area contributed by atoms with Gasteiger partial charge in [0.1, 0.15) is 11.5 Å². The van der Waals surface area contributed by atoms with Gasteiger partial charge in [-0.05, 0) is 31.2 Å². The molecule has 1 heterocycles. The van der Waals surface area contributed by atoms with E-state index in [-0.39, 0.29) is 5.91 Å². The van der Waals surface area contributed by atoms with Crippen molar-refractivity contribution in [3.05, 3.63) is 47.9 Å². The van der Waals surface area contributed by atoms with Gasteiger partial charge in [-0.15, -0.1) is 0 Å². The maximum Gasteiger partial charge on any atom is 0.275 e. The van der Waals surface area contributed by atoms with Gasteiger partial charge in [0.25, 0.3) is 5.91 Å². The summed E-state index contributed by atoms with van der Waals surface area (Å²) >= 11 is 0. The number of benzene rings is 1. The molecular weight excluding hydrogens is 298 g/mol. The second-order valence-corrected chi connectivity index (χ2v) is 4.54. The maximum atomic E-state index is 12.2. The molecule has 23 heavy (non-hydrogen) atoms. The number of furan rings is 1. The SMILES string of the molecule is CCOc1cc(NC(C)=O)ccc1C(=O)NN=Cc1ccco1. The van der Waals surface area contributed by atoms with Gasteiger partial charge in [0.05, 0.1) is 24.6 Å². The smallest absolute Gasteiger partial charge is 0.275 e. The summed E-state index contributed by atoms with van der Waals surface area (Å²) < 4.78 is 10.5. The van der Waals surface area contributed by atoms with E-state index in [0.29, 0.717) is 29.4 Å². The van der Waals surface area contributed by atoms with E-state index in [0.717, 1.165) is 0 Å². The Morgan fingerprint density at radius 3 is 2.83 bits per heavy atom. The second kappa shape index (κ2) is 7.79. The monoisotopic (exact) mass is 315 g/mol. The van der Waals surface area contributed by atoms with Crippen LogP contribution in [0.4, 0.5) is 5.69 Å². The van der Waals surface area contributed by atoms with Crippen LogP contribution < -0.4 is 15.5 Å². The lowest BCUT2D eigenvalue weighted by Crippen LogP contribution is -2.19. The Hall–Kier alpha value is -3.09. The van der Waals surface area contributed by atoms with Crippen molar-refractivity contribution in [2.24, 2.45) is 5.10 Å². The van der Waals surface area contributed by atoms with Crippen LogP contribution in [0.2, 0.25) is 0 Å². The van der Waals surface area contributed by atoms with Crippen LogP contribution in [0.3, 0.4) is 0 Å². The number of rotatable bonds is 6. The molecule has 7 heteroatoms. The molecule has 0 saturated carbocycles. The number of carbonyl (C=O) groups is 2. The van der Waals surface area contributed by atoms with Crippen LogP contribution in [0.1, 0.15) is 30.0 Å². The number of ether oxygens (including phenoxy) is 1. The van der Waals surface area contributed by atoms with Crippen LogP contribution >= 0.6 is 0 Å². The summed E-state index contributed by atoms with van der Waals surface area (Å²) in [4.78, 5) is 23.3. The molecule has 0 aliphatic carbocycles. The first-order chi connectivity index (χ1) is 11.1. The summed E-state index contributed by atoms with van der Waals surface area (Å²) in [5, 5.41) is 6.46. The van der Waals surface area contributed by atoms with Crippen LogP contribution in [0.15, 0.2) is 46.1 Å². The van der Waals surface area contributed by atoms with Gasteiger partial charge in [-0.2, -0.15) is 5.10 Å². The number of nitrogens with one attached hydrogen (secondary N) is 2. The molecule has 0 saturated heterocycles. The predicted molar refractivity (Wildman–Crippen MR) is 85.7 cm³/mol. The summed E-state index contributed by atoms with van der Waals surface area (Å²) in [7, 11) is 0. The molecule has 0 fully saturated rings. The first-order valence-corrected chi connectivity index (χ1v) is 7.01. The zero-order valence-corrected chi connectivity index (χ0v) is 12.8. The first-order valence-electron chi connectivity index (χ1n) is 7.01. The van der Waals surface area contributed by atoms with E-state index in [1.165, 1.54) is 19.4 Å². The van der Waals surface area contributed by atoms with Crippen molar-refractivity contribution in [2.45, 2.75) is 13.8 Å². The largest absolute Gasteiger partial charge is 0.493 e. The Labute approximate surface area is 133 Å². The van der Waals surface area contributed by atoms with Gasteiger partial charge in [-0.3, -0.25) is 9.59 Å². The fourth-order valence-corrected chi connectivity index (χ4v) is 1.85. The Morgan fingerprint density at radius 1 is 1.35 bits per heavy atom. The van der Waals surface area contributed by atoms with E-state index in [1.807, 2.05) is 6.92 Å². The van der Waals surface area contributed by atoms with Crippen molar-refractivity contribution >= 4 is 23.7 Å². The fraction of sp³-hybridized carbons (Fsp3) is 0.188. The molecule has 1 aromatic heterocycles. The lowest BCUT2D eigenvalue weighted by atomic mass is 10.1.